The molecule has 0 saturated carbocycles. The number of rotatable bonds is 5. The third-order valence-electron chi connectivity index (χ3n) is 11.4. The van der Waals surface area contributed by atoms with E-state index >= 15 is 0 Å². The normalized spacial score (nSPS) is 14.7. The molecule has 0 N–H and O–H groups in total. The molecule has 2 heterocycles. The van der Waals surface area contributed by atoms with Crippen LogP contribution < -0.4 is 0 Å². The lowest BCUT2D eigenvalue weighted by atomic mass is 9.80. The van der Waals surface area contributed by atoms with Crippen LogP contribution in [0, 0.1) is 0 Å². The number of benzene rings is 7. The standard InChI is InChI=1S/C51H36N4/c1-3-15-33(16-4-1)35-19-13-20-36(31-35)50-52-49(34-17-5-2-6-18-34)53-51(54-50)44-26-14-25-43-45-32-37(29-30-39(45)38-21-7-8-24-42(38)48(43)44)55-46-27-11-9-22-40(46)41-23-10-12-28-47(41)55/h1-11,13-25,27,29-32,44H,12,26,28H2. The van der Waals surface area contributed by atoms with Gasteiger partial charge in [0, 0.05) is 39.4 Å². The van der Waals surface area contributed by atoms with Gasteiger partial charge in [0.15, 0.2) is 11.6 Å². The summed E-state index contributed by atoms with van der Waals surface area (Å²) in [5.74, 6) is 2.10. The summed E-state index contributed by atoms with van der Waals surface area (Å²) in [6.45, 7) is 0. The molecule has 0 aliphatic heterocycles. The van der Waals surface area contributed by atoms with E-state index in [1.807, 2.05) is 18.2 Å². The van der Waals surface area contributed by atoms with Crippen molar-refractivity contribution in [1.29, 1.82) is 0 Å². The number of hydrogen-bond donors (Lipinski definition) is 0. The zero-order valence-corrected chi connectivity index (χ0v) is 30.2. The first-order valence-electron chi connectivity index (χ1n) is 19.2. The quantitative estimate of drug-likeness (QED) is 0.168. The molecule has 0 bridgehead atoms. The minimum Gasteiger partial charge on any atom is -0.313 e. The van der Waals surface area contributed by atoms with Crippen LogP contribution in [0.1, 0.15) is 47.0 Å². The maximum Gasteiger partial charge on any atom is 0.163 e. The second-order valence-corrected chi connectivity index (χ2v) is 14.6. The molecule has 9 aromatic rings. The molecule has 2 aliphatic carbocycles. The van der Waals surface area contributed by atoms with Gasteiger partial charge in [-0.3, -0.25) is 0 Å². The highest BCUT2D eigenvalue weighted by atomic mass is 15.0. The maximum absolute atomic E-state index is 5.35. The predicted molar refractivity (Wildman–Crippen MR) is 227 cm³/mol. The lowest BCUT2D eigenvalue weighted by molar-refractivity contribution is 0.747. The van der Waals surface area contributed by atoms with Gasteiger partial charge in [0.25, 0.3) is 0 Å². The highest BCUT2D eigenvalue weighted by molar-refractivity contribution is 6.14. The fourth-order valence-corrected chi connectivity index (χ4v) is 8.93. The monoisotopic (exact) mass is 704 g/mol. The molecule has 2 aromatic heterocycles. The number of aromatic nitrogens is 4. The molecular weight excluding hydrogens is 669 g/mol. The van der Waals surface area contributed by atoms with E-state index < -0.39 is 0 Å². The minimum atomic E-state index is -0.0650. The predicted octanol–water partition coefficient (Wildman–Crippen LogP) is 12.6. The topological polar surface area (TPSA) is 43.6 Å². The molecule has 11 rings (SSSR count). The van der Waals surface area contributed by atoms with E-state index in [1.54, 1.807) is 0 Å². The summed E-state index contributed by atoms with van der Waals surface area (Å²) in [4.78, 5) is 15.8. The van der Waals surface area contributed by atoms with Gasteiger partial charge in [0.2, 0.25) is 0 Å². The van der Waals surface area contributed by atoms with Crippen LogP contribution in [0.2, 0.25) is 0 Å². The fourth-order valence-electron chi connectivity index (χ4n) is 8.93. The number of hydrogen-bond acceptors (Lipinski definition) is 3. The number of fused-ring (bicyclic) bond motifs is 9. The first-order valence-corrected chi connectivity index (χ1v) is 19.2. The molecule has 7 aromatic carbocycles. The van der Waals surface area contributed by atoms with Gasteiger partial charge < -0.3 is 4.57 Å². The van der Waals surface area contributed by atoms with Gasteiger partial charge in [-0.15, -0.1) is 0 Å². The number of nitrogens with zero attached hydrogens (tertiary/aromatic N) is 4. The van der Waals surface area contributed by atoms with E-state index in [0.717, 1.165) is 47.3 Å². The van der Waals surface area contributed by atoms with E-state index in [2.05, 4.69) is 162 Å². The van der Waals surface area contributed by atoms with Crippen molar-refractivity contribution in [2.24, 2.45) is 0 Å². The van der Waals surface area contributed by atoms with Crippen LogP contribution >= 0.6 is 0 Å². The molecule has 1 unspecified atom stereocenters. The number of allylic oxidation sites excluding steroid dienone is 2. The Kier molecular flexibility index (Phi) is 7.41. The molecule has 2 aliphatic rings. The van der Waals surface area contributed by atoms with E-state index in [0.29, 0.717) is 11.6 Å². The minimum absolute atomic E-state index is 0.0650. The Hall–Kier alpha value is -6.91. The van der Waals surface area contributed by atoms with Crippen molar-refractivity contribution in [2.75, 3.05) is 0 Å². The van der Waals surface area contributed by atoms with Gasteiger partial charge in [-0.05, 0) is 87.3 Å². The Balaban J connectivity index is 1.13. The Labute approximate surface area is 319 Å². The van der Waals surface area contributed by atoms with Crippen LogP contribution in [0.4, 0.5) is 0 Å². The molecule has 0 fully saturated rings. The summed E-state index contributed by atoms with van der Waals surface area (Å²) >= 11 is 0. The third-order valence-corrected chi connectivity index (χ3v) is 11.4. The average Bonchev–Trinajstić information content (AvgIpc) is 3.61. The summed E-state index contributed by atoms with van der Waals surface area (Å²) in [5.41, 5.74) is 11.9. The molecule has 0 spiro atoms. The summed E-state index contributed by atoms with van der Waals surface area (Å²) in [5, 5.41) is 6.31. The molecule has 0 radical (unpaired) electrons. The summed E-state index contributed by atoms with van der Waals surface area (Å²) in [6.07, 6.45) is 12.1. The summed E-state index contributed by atoms with van der Waals surface area (Å²) in [7, 11) is 0. The largest absolute Gasteiger partial charge is 0.313 e. The van der Waals surface area contributed by atoms with Crippen LogP contribution in [0.25, 0.3) is 84.2 Å². The number of para-hydroxylation sites is 1. The van der Waals surface area contributed by atoms with Crippen molar-refractivity contribution >= 4 is 44.6 Å². The molecular formula is C51H36N4. The molecule has 260 valence electrons. The van der Waals surface area contributed by atoms with Crippen LogP contribution in [-0.2, 0) is 6.42 Å². The molecule has 55 heavy (non-hydrogen) atoms. The molecule has 4 nitrogen and oxygen atoms in total. The maximum atomic E-state index is 5.35. The van der Waals surface area contributed by atoms with Crippen molar-refractivity contribution < 1.29 is 0 Å². The third kappa shape index (κ3) is 5.25. The Morgan fingerprint density at radius 2 is 1.13 bits per heavy atom. The SMILES string of the molecule is C1=Cc2c(n(-c3ccc4c(c3)c3c(c5ccccc54)C(c4nc(-c5ccccc5)nc(-c5cccc(-c6ccccc6)c5)n4)CC=C3)c3ccccc23)CC1. The van der Waals surface area contributed by atoms with Crippen LogP contribution in [-0.4, -0.2) is 19.5 Å². The van der Waals surface area contributed by atoms with Crippen molar-refractivity contribution in [3.8, 4) is 39.6 Å². The lowest BCUT2D eigenvalue weighted by Crippen LogP contribution is -2.13. The van der Waals surface area contributed by atoms with E-state index in [1.165, 1.54) is 60.5 Å². The average molecular weight is 705 g/mol. The highest BCUT2D eigenvalue weighted by Crippen LogP contribution is 2.45. The van der Waals surface area contributed by atoms with Gasteiger partial charge in [-0.2, -0.15) is 0 Å². The van der Waals surface area contributed by atoms with Crippen LogP contribution in [0.5, 0.6) is 0 Å². The van der Waals surface area contributed by atoms with E-state index in [-0.39, 0.29) is 5.92 Å². The van der Waals surface area contributed by atoms with Gasteiger partial charge in [0.1, 0.15) is 5.82 Å². The first kappa shape index (κ1) is 31.6. The fraction of sp³-hybridized carbons (Fsp3) is 0.0784. The van der Waals surface area contributed by atoms with Gasteiger partial charge in [-0.25, -0.2) is 15.0 Å². The molecule has 4 heteroatoms. The summed E-state index contributed by atoms with van der Waals surface area (Å²) in [6, 6.07) is 54.1. The van der Waals surface area contributed by atoms with Gasteiger partial charge in [0.05, 0.1) is 5.52 Å². The molecule has 1 atom stereocenters. The molecule has 0 amide bonds. The van der Waals surface area contributed by atoms with E-state index in [9.17, 15) is 0 Å². The Morgan fingerprint density at radius 3 is 1.96 bits per heavy atom. The van der Waals surface area contributed by atoms with Crippen molar-refractivity contribution in [2.45, 2.75) is 25.2 Å². The van der Waals surface area contributed by atoms with Gasteiger partial charge >= 0.3 is 0 Å². The van der Waals surface area contributed by atoms with E-state index in [4.69, 9.17) is 15.0 Å². The first-order chi connectivity index (χ1) is 27.3. The van der Waals surface area contributed by atoms with Crippen LogP contribution in [0.15, 0.2) is 164 Å². The van der Waals surface area contributed by atoms with Crippen LogP contribution in [0.3, 0.4) is 0 Å². The second kappa shape index (κ2) is 12.9. The van der Waals surface area contributed by atoms with Crippen molar-refractivity contribution in [1.82, 2.24) is 19.5 Å². The van der Waals surface area contributed by atoms with Gasteiger partial charge in [-0.1, -0.05) is 152 Å². The summed E-state index contributed by atoms with van der Waals surface area (Å²) < 4.78 is 2.49. The second-order valence-electron chi connectivity index (χ2n) is 14.6. The Bertz CT molecular complexity index is 3010. The van der Waals surface area contributed by atoms with Crippen molar-refractivity contribution in [3.05, 3.63) is 192 Å². The lowest BCUT2D eigenvalue weighted by Gasteiger charge is -2.26. The smallest absolute Gasteiger partial charge is 0.163 e. The Morgan fingerprint density at radius 1 is 0.473 bits per heavy atom. The molecule has 0 saturated heterocycles. The zero-order valence-electron chi connectivity index (χ0n) is 30.2. The van der Waals surface area contributed by atoms with Crippen molar-refractivity contribution in [3.63, 3.8) is 0 Å². The highest BCUT2D eigenvalue weighted by Gasteiger charge is 2.28. The zero-order chi connectivity index (χ0) is 36.3.